The fourth-order valence-corrected chi connectivity index (χ4v) is 1.97. The molecule has 0 spiro atoms. The van der Waals surface area contributed by atoms with Crippen molar-refractivity contribution in [2.75, 3.05) is 38.8 Å². The minimum Gasteiger partial charge on any atom is -0.382 e. The molecule has 6 nitrogen and oxygen atoms in total. The highest BCUT2D eigenvalue weighted by Crippen LogP contribution is 2.15. The van der Waals surface area contributed by atoms with Crippen LogP contribution < -0.4 is 10.9 Å². The van der Waals surface area contributed by atoms with Gasteiger partial charge in [-0.1, -0.05) is 18.5 Å². The second-order valence-electron chi connectivity index (χ2n) is 4.64. The first-order valence-electron chi connectivity index (χ1n) is 7.26. The molecule has 1 rings (SSSR count). The Kier molecular flexibility index (Phi) is 9.05. The first-order chi connectivity index (χ1) is 10.2. The standard InChI is InChI=1S/C14H24ClN3O3/c1-3-7-18-14(19)13(15)12(11-17-18)16-6-4-5-8-21-10-9-20-2/h11,16H,3-10H2,1-2H3. The van der Waals surface area contributed by atoms with E-state index in [1.54, 1.807) is 13.3 Å². The van der Waals surface area contributed by atoms with Crippen LogP contribution in [0.1, 0.15) is 26.2 Å². The first kappa shape index (κ1) is 17.9. The largest absolute Gasteiger partial charge is 0.382 e. The summed E-state index contributed by atoms with van der Waals surface area (Å²) in [6, 6.07) is 0. The number of ether oxygens (including phenoxy) is 2. The molecule has 120 valence electrons. The lowest BCUT2D eigenvalue weighted by atomic mass is 10.3. The molecule has 0 aliphatic heterocycles. The van der Waals surface area contributed by atoms with Gasteiger partial charge in [0.2, 0.25) is 0 Å². The zero-order valence-electron chi connectivity index (χ0n) is 12.7. The van der Waals surface area contributed by atoms with Crippen LogP contribution in [-0.4, -0.2) is 43.3 Å². The van der Waals surface area contributed by atoms with Gasteiger partial charge in [0.05, 0.1) is 25.1 Å². The van der Waals surface area contributed by atoms with Gasteiger partial charge in [-0.25, -0.2) is 4.68 Å². The fourth-order valence-electron chi connectivity index (χ4n) is 1.76. The smallest absolute Gasteiger partial charge is 0.287 e. The van der Waals surface area contributed by atoms with Crippen molar-refractivity contribution in [2.45, 2.75) is 32.7 Å². The van der Waals surface area contributed by atoms with E-state index in [-0.39, 0.29) is 10.6 Å². The summed E-state index contributed by atoms with van der Waals surface area (Å²) in [6.07, 6.45) is 4.32. The van der Waals surface area contributed by atoms with Crippen LogP contribution in [0, 0.1) is 0 Å². The Labute approximate surface area is 130 Å². The average Bonchev–Trinajstić information content (AvgIpc) is 2.49. The van der Waals surface area contributed by atoms with Gasteiger partial charge < -0.3 is 14.8 Å². The van der Waals surface area contributed by atoms with Gasteiger partial charge in [0.25, 0.3) is 5.56 Å². The van der Waals surface area contributed by atoms with E-state index in [0.29, 0.717) is 32.1 Å². The molecular formula is C14H24ClN3O3. The number of nitrogens with one attached hydrogen (secondary N) is 1. The number of aryl methyl sites for hydroxylation is 1. The van der Waals surface area contributed by atoms with Crippen molar-refractivity contribution in [1.82, 2.24) is 9.78 Å². The summed E-state index contributed by atoms with van der Waals surface area (Å²) < 4.78 is 11.6. The van der Waals surface area contributed by atoms with Crippen molar-refractivity contribution in [1.29, 1.82) is 0 Å². The maximum atomic E-state index is 11.9. The third kappa shape index (κ3) is 6.46. The van der Waals surface area contributed by atoms with Crippen LogP contribution in [-0.2, 0) is 16.0 Å². The minimum absolute atomic E-state index is 0.204. The summed E-state index contributed by atoms with van der Waals surface area (Å²) in [7, 11) is 1.65. The van der Waals surface area contributed by atoms with Crippen molar-refractivity contribution < 1.29 is 9.47 Å². The molecule has 1 aromatic heterocycles. The van der Waals surface area contributed by atoms with Crippen molar-refractivity contribution in [3.63, 3.8) is 0 Å². The Hall–Kier alpha value is -1.11. The van der Waals surface area contributed by atoms with E-state index in [2.05, 4.69) is 10.4 Å². The van der Waals surface area contributed by atoms with Crippen LogP contribution in [0.25, 0.3) is 0 Å². The predicted octanol–water partition coefficient (Wildman–Crippen LogP) is 2.16. The van der Waals surface area contributed by atoms with Gasteiger partial charge >= 0.3 is 0 Å². The predicted molar refractivity (Wildman–Crippen MR) is 84.2 cm³/mol. The molecule has 7 heteroatoms. The van der Waals surface area contributed by atoms with Gasteiger partial charge in [0.15, 0.2) is 0 Å². The number of methoxy groups -OCH3 is 1. The van der Waals surface area contributed by atoms with E-state index >= 15 is 0 Å². The summed E-state index contributed by atoms with van der Waals surface area (Å²) in [4.78, 5) is 11.9. The molecule has 1 heterocycles. The zero-order valence-corrected chi connectivity index (χ0v) is 13.5. The third-order valence-corrected chi connectivity index (χ3v) is 3.25. The number of anilines is 1. The van der Waals surface area contributed by atoms with Gasteiger partial charge in [0, 0.05) is 26.8 Å². The molecule has 0 atom stereocenters. The van der Waals surface area contributed by atoms with Crippen LogP contribution in [0.15, 0.2) is 11.0 Å². The molecule has 0 unspecified atom stereocenters. The normalized spacial score (nSPS) is 10.8. The molecule has 1 N–H and O–H groups in total. The topological polar surface area (TPSA) is 65.4 Å². The summed E-state index contributed by atoms with van der Waals surface area (Å²) in [6.45, 7) is 5.24. The molecule has 21 heavy (non-hydrogen) atoms. The number of rotatable bonds is 11. The molecule has 0 amide bonds. The number of hydrogen-bond acceptors (Lipinski definition) is 5. The number of halogens is 1. The highest BCUT2D eigenvalue weighted by molar-refractivity contribution is 6.32. The molecular weight excluding hydrogens is 294 g/mol. The first-order valence-corrected chi connectivity index (χ1v) is 7.64. The molecule has 0 aromatic carbocycles. The lowest BCUT2D eigenvalue weighted by Gasteiger charge is -2.10. The molecule has 0 aliphatic carbocycles. The third-order valence-electron chi connectivity index (χ3n) is 2.88. The molecule has 0 saturated carbocycles. The van der Waals surface area contributed by atoms with E-state index in [9.17, 15) is 4.79 Å². The number of hydrogen-bond donors (Lipinski definition) is 1. The van der Waals surface area contributed by atoms with Crippen molar-refractivity contribution >= 4 is 17.3 Å². The number of unbranched alkanes of at least 4 members (excludes halogenated alkanes) is 1. The molecule has 0 aliphatic rings. The maximum absolute atomic E-state index is 11.9. The Bertz CT molecular complexity index is 465. The van der Waals surface area contributed by atoms with Gasteiger partial charge in [-0.3, -0.25) is 4.79 Å². The van der Waals surface area contributed by atoms with E-state index in [4.69, 9.17) is 21.1 Å². The molecule has 0 radical (unpaired) electrons. The second-order valence-corrected chi connectivity index (χ2v) is 5.02. The van der Waals surface area contributed by atoms with Crippen LogP contribution in [0.2, 0.25) is 5.02 Å². The highest BCUT2D eigenvalue weighted by atomic mass is 35.5. The maximum Gasteiger partial charge on any atom is 0.287 e. The van der Waals surface area contributed by atoms with E-state index in [0.717, 1.165) is 25.8 Å². The van der Waals surface area contributed by atoms with E-state index in [1.165, 1.54) is 4.68 Å². The van der Waals surface area contributed by atoms with Gasteiger partial charge in [-0.05, 0) is 19.3 Å². The minimum atomic E-state index is -0.244. The molecule has 0 fully saturated rings. The van der Waals surface area contributed by atoms with Crippen molar-refractivity contribution in [3.05, 3.63) is 21.6 Å². The average molecular weight is 318 g/mol. The Morgan fingerprint density at radius 1 is 1.33 bits per heavy atom. The van der Waals surface area contributed by atoms with Crippen LogP contribution in [0.5, 0.6) is 0 Å². The highest BCUT2D eigenvalue weighted by Gasteiger charge is 2.08. The monoisotopic (exact) mass is 317 g/mol. The lowest BCUT2D eigenvalue weighted by Crippen LogP contribution is -2.24. The Morgan fingerprint density at radius 2 is 2.14 bits per heavy atom. The van der Waals surface area contributed by atoms with Crippen LogP contribution in [0.3, 0.4) is 0 Å². The molecule has 0 bridgehead atoms. The summed E-state index contributed by atoms with van der Waals surface area (Å²) in [5.74, 6) is 0. The van der Waals surface area contributed by atoms with E-state index in [1.807, 2.05) is 6.92 Å². The quantitative estimate of drug-likeness (QED) is 0.634. The van der Waals surface area contributed by atoms with Gasteiger partial charge in [-0.2, -0.15) is 5.10 Å². The van der Waals surface area contributed by atoms with Crippen molar-refractivity contribution in [2.24, 2.45) is 0 Å². The fraction of sp³-hybridized carbons (Fsp3) is 0.714. The van der Waals surface area contributed by atoms with Gasteiger partial charge in [-0.15, -0.1) is 0 Å². The Morgan fingerprint density at radius 3 is 2.86 bits per heavy atom. The van der Waals surface area contributed by atoms with E-state index < -0.39 is 0 Å². The Balaban J connectivity index is 2.29. The zero-order chi connectivity index (χ0) is 15.5. The van der Waals surface area contributed by atoms with Crippen LogP contribution in [0.4, 0.5) is 5.69 Å². The van der Waals surface area contributed by atoms with Crippen LogP contribution >= 0.6 is 11.6 Å². The lowest BCUT2D eigenvalue weighted by molar-refractivity contribution is 0.0691. The summed E-state index contributed by atoms with van der Waals surface area (Å²) in [5, 5.41) is 7.44. The van der Waals surface area contributed by atoms with Crippen molar-refractivity contribution in [3.8, 4) is 0 Å². The second kappa shape index (κ2) is 10.6. The summed E-state index contributed by atoms with van der Waals surface area (Å²) >= 11 is 6.06. The SMILES string of the molecule is CCCn1ncc(NCCCCOCCOC)c(Cl)c1=O. The molecule has 1 aromatic rings. The molecule has 0 saturated heterocycles. The summed E-state index contributed by atoms with van der Waals surface area (Å²) in [5.41, 5.74) is 0.348. The number of nitrogens with zero attached hydrogens (tertiary/aromatic N) is 2. The number of aromatic nitrogens is 2. The van der Waals surface area contributed by atoms with Gasteiger partial charge in [0.1, 0.15) is 5.02 Å².